The van der Waals surface area contributed by atoms with Crippen LogP contribution in [0.3, 0.4) is 0 Å². The molecule has 0 radical (unpaired) electrons. The Morgan fingerprint density at radius 2 is 1.95 bits per heavy atom. The molecule has 19 heavy (non-hydrogen) atoms. The molecule has 0 saturated carbocycles. The summed E-state index contributed by atoms with van der Waals surface area (Å²) >= 11 is 0. The number of benzene rings is 1. The second kappa shape index (κ2) is 6.64. The van der Waals surface area contributed by atoms with Gasteiger partial charge in [0.1, 0.15) is 11.7 Å². The van der Waals surface area contributed by atoms with Gasteiger partial charge in [0, 0.05) is 6.08 Å². The molecule has 0 aliphatic rings. The Hall–Kier alpha value is -2.23. The number of halogens is 2. The van der Waals surface area contributed by atoms with Crippen molar-refractivity contribution in [1.82, 2.24) is 0 Å². The van der Waals surface area contributed by atoms with Gasteiger partial charge in [0.25, 0.3) is 0 Å². The van der Waals surface area contributed by atoms with Crippen molar-refractivity contribution in [2.45, 2.75) is 13.3 Å². The van der Waals surface area contributed by atoms with Gasteiger partial charge in [-0.1, -0.05) is 30.8 Å². The fraction of sp³-hybridized carbons (Fsp3) is 0.133. The van der Waals surface area contributed by atoms with E-state index in [1.54, 1.807) is 31.2 Å². The molecule has 0 amide bonds. The van der Waals surface area contributed by atoms with E-state index in [9.17, 15) is 13.6 Å². The fourth-order valence-electron chi connectivity index (χ4n) is 1.70. The van der Waals surface area contributed by atoms with Crippen molar-refractivity contribution >= 4 is 11.5 Å². The normalized spacial score (nSPS) is 12.4. The quantitative estimate of drug-likeness (QED) is 0.814. The molecule has 0 bridgehead atoms. The van der Waals surface area contributed by atoms with Crippen LogP contribution in [0.4, 0.5) is 8.78 Å². The summed E-state index contributed by atoms with van der Waals surface area (Å²) in [5.41, 5.74) is 1.72. The predicted molar refractivity (Wildman–Crippen MR) is 70.9 cm³/mol. The van der Waals surface area contributed by atoms with Crippen molar-refractivity contribution < 1.29 is 18.7 Å². The minimum absolute atomic E-state index is 0.150. The summed E-state index contributed by atoms with van der Waals surface area (Å²) in [6.07, 6.45) is 1.66. The first-order valence-electron chi connectivity index (χ1n) is 5.60. The van der Waals surface area contributed by atoms with Crippen LogP contribution in [0, 0.1) is 0 Å². The standard InChI is InChI=1S/C15H14F2O2/c1-10(7-13(17)8-11(2)16)14-6-4-3-5-12(14)9-15(18)19/h3-8H,2,9H2,1H3,(H,18,19)/b10-7+,13-8+. The largest absolute Gasteiger partial charge is 0.481 e. The molecule has 0 heterocycles. The van der Waals surface area contributed by atoms with Crippen molar-refractivity contribution in [2.75, 3.05) is 0 Å². The fourth-order valence-corrected chi connectivity index (χ4v) is 1.70. The Morgan fingerprint density at radius 1 is 1.32 bits per heavy atom. The van der Waals surface area contributed by atoms with E-state index in [1.807, 2.05) is 0 Å². The lowest BCUT2D eigenvalue weighted by Gasteiger charge is -2.07. The molecule has 100 valence electrons. The highest BCUT2D eigenvalue weighted by Gasteiger charge is 2.08. The number of carboxylic acids is 1. The summed E-state index contributed by atoms with van der Waals surface area (Å²) in [6, 6.07) is 6.80. The third-order valence-electron chi connectivity index (χ3n) is 2.43. The molecule has 0 atom stereocenters. The number of hydrogen-bond donors (Lipinski definition) is 1. The summed E-state index contributed by atoms with van der Waals surface area (Å²) in [7, 11) is 0. The van der Waals surface area contributed by atoms with Crippen LogP contribution in [0.1, 0.15) is 18.1 Å². The highest BCUT2D eigenvalue weighted by molar-refractivity contribution is 5.76. The van der Waals surface area contributed by atoms with Gasteiger partial charge in [-0.3, -0.25) is 4.79 Å². The third-order valence-corrected chi connectivity index (χ3v) is 2.43. The Bertz CT molecular complexity index is 557. The van der Waals surface area contributed by atoms with E-state index in [-0.39, 0.29) is 6.42 Å². The smallest absolute Gasteiger partial charge is 0.307 e. The van der Waals surface area contributed by atoms with Crippen LogP contribution < -0.4 is 0 Å². The van der Waals surface area contributed by atoms with Crippen LogP contribution in [0.5, 0.6) is 0 Å². The van der Waals surface area contributed by atoms with Gasteiger partial charge in [0.15, 0.2) is 0 Å². The molecular weight excluding hydrogens is 250 g/mol. The zero-order chi connectivity index (χ0) is 14.4. The van der Waals surface area contributed by atoms with E-state index in [0.29, 0.717) is 22.8 Å². The molecule has 0 saturated heterocycles. The number of allylic oxidation sites excluding steroid dienone is 5. The molecule has 0 spiro atoms. The van der Waals surface area contributed by atoms with Gasteiger partial charge in [0.05, 0.1) is 6.42 Å². The molecule has 4 heteroatoms. The highest BCUT2D eigenvalue weighted by atomic mass is 19.1. The van der Waals surface area contributed by atoms with E-state index in [2.05, 4.69) is 6.58 Å². The summed E-state index contributed by atoms with van der Waals surface area (Å²) in [5.74, 6) is -2.61. The molecule has 0 aliphatic carbocycles. The van der Waals surface area contributed by atoms with Crippen molar-refractivity contribution in [2.24, 2.45) is 0 Å². The minimum Gasteiger partial charge on any atom is -0.481 e. The maximum absolute atomic E-state index is 13.4. The van der Waals surface area contributed by atoms with Gasteiger partial charge >= 0.3 is 5.97 Å². The summed E-state index contributed by atoms with van der Waals surface area (Å²) in [5, 5.41) is 8.81. The van der Waals surface area contributed by atoms with Crippen molar-refractivity contribution in [3.63, 3.8) is 0 Å². The average molecular weight is 264 g/mol. The van der Waals surface area contributed by atoms with Gasteiger partial charge in [-0.2, -0.15) is 0 Å². The van der Waals surface area contributed by atoms with Crippen LogP contribution in [0.2, 0.25) is 0 Å². The molecule has 1 aromatic carbocycles. The molecule has 0 aromatic heterocycles. The number of carboxylic acid groups (broad SMARTS) is 1. The van der Waals surface area contributed by atoms with Crippen LogP contribution in [0.25, 0.3) is 5.57 Å². The molecule has 0 aliphatic heterocycles. The van der Waals surface area contributed by atoms with E-state index >= 15 is 0 Å². The minimum atomic E-state index is -0.964. The lowest BCUT2D eigenvalue weighted by molar-refractivity contribution is -0.136. The molecule has 1 rings (SSSR count). The predicted octanol–water partition coefficient (Wildman–Crippen LogP) is 4.05. The number of hydrogen-bond acceptors (Lipinski definition) is 1. The average Bonchev–Trinajstić information content (AvgIpc) is 2.27. The molecule has 2 nitrogen and oxygen atoms in total. The first-order valence-corrected chi connectivity index (χ1v) is 5.60. The van der Waals surface area contributed by atoms with E-state index in [4.69, 9.17) is 5.11 Å². The lowest BCUT2D eigenvalue weighted by atomic mass is 9.98. The third kappa shape index (κ3) is 4.87. The van der Waals surface area contributed by atoms with Crippen LogP contribution >= 0.6 is 0 Å². The summed E-state index contributed by atoms with van der Waals surface area (Å²) in [4.78, 5) is 10.7. The van der Waals surface area contributed by atoms with Gasteiger partial charge in [0.2, 0.25) is 0 Å². The zero-order valence-corrected chi connectivity index (χ0v) is 10.5. The van der Waals surface area contributed by atoms with Gasteiger partial charge in [-0.25, -0.2) is 8.78 Å². The SMILES string of the molecule is C=C(F)/C=C(F)\C=C(/C)c1ccccc1CC(=O)O. The molecule has 1 N–H and O–H groups in total. The van der Waals surface area contributed by atoms with Gasteiger partial charge in [-0.05, 0) is 29.7 Å². The second-order valence-electron chi connectivity index (χ2n) is 4.03. The van der Waals surface area contributed by atoms with Crippen molar-refractivity contribution in [3.05, 3.63) is 65.8 Å². The maximum Gasteiger partial charge on any atom is 0.307 e. The van der Waals surface area contributed by atoms with Crippen LogP contribution in [-0.4, -0.2) is 11.1 Å². The number of rotatable bonds is 5. The number of carbonyl (C=O) groups is 1. The second-order valence-corrected chi connectivity index (χ2v) is 4.03. The van der Waals surface area contributed by atoms with E-state index in [0.717, 1.165) is 6.08 Å². The first-order chi connectivity index (χ1) is 8.90. The van der Waals surface area contributed by atoms with E-state index in [1.165, 1.54) is 0 Å². The van der Waals surface area contributed by atoms with Gasteiger partial charge in [-0.15, -0.1) is 0 Å². The van der Waals surface area contributed by atoms with E-state index < -0.39 is 17.6 Å². The van der Waals surface area contributed by atoms with Crippen LogP contribution in [-0.2, 0) is 11.2 Å². The Labute approximate surface area is 110 Å². The maximum atomic E-state index is 13.4. The highest BCUT2D eigenvalue weighted by Crippen LogP contribution is 2.21. The monoisotopic (exact) mass is 264 g/mol. The zero-order valence-electron chi connectivity index (χ0n) is 10.5. The molecular formula is C15H14F2O2. The topological polar surface area (TPSA) is 37.3 Å². The van der Waals surface area contributed by atoms with Crippen molar-refractivity contribution in [1.29, 1.82) is 0 Å². The summed E-state index contributed by atoms with van der Waals surface area (Å²) < 4.78 is 25.8. The van der Waals surface area contributed by atoms with Crippen LogP contribution in [0.15, 0.2) is 54.7 Å². The number of aliphatic carboxylic acids is 1. The van der Waals surface area contributed by atoms with Crippen molar-refractivity contribution in [3.8, 4) is 0 Å². The molecule has 0 fully saturated rings. The Balaban J connectivity index is 3.12. The summed E-state index contributed by atoms with van der Waals surface area (Å²) in [6.45, 7) is 4.58. The molecule has 1 aromatic rings. The first kappa shape index (κ1) is 14.8. The Morgan fingerprint density at radius 3 is 2.53 bits per heavy atom. The van der Waals surface area contributed by atoms with Gasteiger partial charge < -0.3 is 5.11 Å². The molecule has 0 unspecified atom stereocenters. The Kier molecular flexibility index (Phi) is 5.18. The lowest BCUT2D eigenvalue weighted by Crippen LogP contribution is -2.02.